The molecular formula is C11H16N4S. The fraction of sp³-hybridized carbons (Fsp3) is 0.818. The first kappa shape index (κ1) is 9.22. The van der Waals surface area contributed by atoms with Gasteiger partial charge < -0.3 is 4.90 Å². The van der Waals surface area contributed by atoms with Crippen molar-refractivity contribution in [3.63, 3.8) is 0 Å². The van der Waals surface area contributed by atoms with Crippen molar-refractivity contribution >= 4 is 18.2 Å². The number of nitrogens with zero attached hydrogens (tertiary/aromatic N) is 3. The predicted octanol–water partition coefficient (Wildman–Crippen LogP) is 2.26. The van der Waals surface area contributed by atoms with Crippen LogP contribution in [0.3, 0.4) is 0 Å². The number of H-pyrrole nitrogens is 1. The summed E-state index contributed by atoms with van der Waals surface area (Å²) in [5, 5.41) is 7.42. The van der Waals surface area contributed by atoms with Crippen LogP contribution in [0.4, 0.5) is 5.95 Å². The Kier molecular flexibility index (Phi) is 1.78. The fourth-order valence-corrected chi connectivity index (χ4v) is 3.61. The predicted molar refractivity (Wildman–Crippen MR) is 64.2 cm³/mol. The Morgan fingerprint density at radius 3 is 2.62 bits per heavy atom. The third kappa shape index (κ3) is 1.21. The summed E-state index contributed by atoms with van der Waals surface area (Å²) in [5.74, 6) is 2.02. The molecule has 4 nitrogen and oxygen atoms in total. The van der Waals surface area contributed by atoms with E-state index in [2.05, 4.69) is 19.7 Å². The minimum Gasteiger partial charge on any atom is -0.338 e. The van der Waals surface area contributed by atoms with E-state index >= 15 is 0 Å². The van der Waals surface area contributed by atoms with Crippen LogP contribution >= 0.6 is 12.2 Å². The van der Waals surface area contributed by atoms with Gasteiger partial charge in [-0.05, 0) is 50.2 Å². The summed E-state index contributed by atoms with van der Waals surface area (Å²) in [6, 6.07) is 1.35. The Hall–Kier alpha value is -0.840. The van der Waals surface area contributed by atoms with Gasteiger partial charge in [-0.1, -0.05) is 0 Å². The van der Waals surface area contributed by atoms with Crippen molar-refractivity contribution in [2.75, 3.05) is 11.4 Å². The van der Waals surface area contributed by atoms with E-state index in [9.17, 15) is 0 Å². The van der Waals surface area contributed by atoms with Crippen LogP contribution in [0.5, 0.6) is 0 Å². The van der Waals surface area contributed by atoms with Crippen LogP contribution in [-0.2, 0) is 0 Å². The van der Waals surface area contributed by atoms with E-state index in [4.69, 9.17) is 12.2 Å². The molecular weight excluding hydrogens is 220 g/mol. The van der Waals surface area contributed by atoms with Gasteiger partial charge in [-0.25, -0.2) is 5.10 Å². The second-order valence-corrected chi connectivity index (χ2v) is 5.80. The molecule has 2 bridgehead atoms. The Labute approximate surface area is 99.6 Å². The summed E-state index contributed by atoms with van der Waals surface area (Å²) in [5.41, 5.74) is 0. The van der Waals surface area contributed by atoms with Crippen LogP contribution < -0.4 is 4.90 Å². The zero-order valence-corrected chi connectivity index (χ0v) is 10.0. The molecule has 16 heavy (non-hydrogen) atoms. The van der Waals surface area contributed by atoms with Crippen molar-refractivity contribution in [3.8, 4) is 0 Å². The Bertz CT molecular complexity index is 473. The SMILES string of the molecule is S=c1[nH]nc(N2CC3CCC2C3)n1C1CC1. The lowest BCUT2D eigenvalue weighted by molar-refractivity contribution is 0.536. The smallest absolute Gasteiger partial charge is 0.226 e. The van der Waals surface area contributed by atoms with Gasteiger partial charge in [0.15, 0.2) is 4.77 Å². The summed E-state index contributed by atoms with van der Waals surface area (Å²) in [6.45, 7) is 1.19. The minimum atomic E-state index is 0.625. The Balaban J connectivity index is 1.74. The lowest BCUT2D eigenvalue weighted by Gasteiger charge is -2.27. The van der Waals surface area contributed by atoms with Gasteiger partial charge in [0.25, 0.3) is 0 Å². The number of fused-ring (bicyclic) bond motifs is 2. The molecule has 0 aromatic carbocycles. The third-order valence-corrected chi connectivity index (χ3v) is 4.55. The number of nitrogens with one attached hydrogen (secondary N) is 1. The second kappa shape index (κ2) is 3.09. The van der Waals surface area contributed by atoms with Gasteiger partial charge in [-0.2, -0.15) is 0 Å². The number of hydrogen-bond donors (Lipinski definition) is 1. The van der Waals surface area contributed by atoms with Gasteiger partial charge in [0.1, 0.15) is 0 Å². The van der Waals surface area contributed by atoms with E-state index in [0.29, 0.717) is 6.04 Å². The normalized spacial score (nSPS) is 32.6. The first-order valence-electron chi connectivity index (χ1n) is 6.26. The molecule has 4 rings (SSSR count). The molecule has 2 aliphatic carbocycles. The highest BCUT2D eigenvalue weighted by Crippen LogP contribution is 2.43. The van der Waals surface area contributed by atoms with Gasteiger partial charge in [-0.15, -0.1) is 5.10 Å². The fourth-order valence-electron chi connectivity index (χ4n) is 3.33. The van der Waals surface area contributed by atoms with Crippen molar-refractivity contribution in [2.24, 2.45) is 5.92 Å². The van der Waals surface area contributed by atoms with Crippen LogP contribution in [-0.4, -0.2) is 27.4 Å². The third-order valence-electron chi connectivity index (χ3n) is 4.26. The molecule has 2 unspecified atom stereocenters. The average Bonchev–Trinajstić information content (AvgIpc) is 2.75. The molecule has 2 atom stereocenters. The number of anilines is 1. The average molecular weight is 236 g/mol. The van der Waals surface area contributed by atoms with Crippen molar-refractivity contribution in [3.05, 3.63) is 4.77 Å². The molecule has 0 radical (unpaired) electrons. The molecule has 1 N–H and O–H groups in total. The zero-order chi connectivity index (χ0) is 10.7. The van der Waals surface area contributed by atoms with E-state index in [-0.39, 0.29) is 0 Å². The molecule has 0 amide bonds. The van der Waals surface area contributed by atoms with Gasteiger partial charge in [0.2, 0.25) is 5.95 Å². The zero-order valence-electron chi connectivity index (χ0n) is 9.22. The van der Waals surface area contributed by atoms with Crippen molar-refractivity contribution in [1.29, 1.82) is 0 Å². The summed E-state index contributed by atoms with van der Waals surface area (Å²) in [7, 11) is 0. The van der Waals surface area contributed by atoms with E-state index in [1.165, 1.54) is 38.6 Å². The molecule has 3 fully saturated rings. The molecule has 86 valence electrons. The van der Waals surface area contributed by atoms with Gasteiger partial charge in [0.05, 0.1) is 0 Å². The number of piperidine rings is 1. The monoisotopic (exact) mass is 236 g/mol. The van der Waals surface area contributed by atoms with E-state index < -0.39 is 0 Å². The number of hydrogen-bond acceptors (Lipinski definition) is 3. The second-order valence-electron chi connectivity index (χ2n) is 5.42. The molecule has 5 heteroatoms. The Morgan fingerprint density at radius 1 is 1.19 bits per heavy atom. The summed E-state index contributed by atoms with van der Waals surface area (Å²) >= 11 is 5.33. The number of rotatable bonds is 2. The lowest BCUT2D eigenvalue weighted by Crippen LogP contribution is -2.34. The molecule has 1 aromatic rings. The molecule has 0 spiro atoms. The van der Waals surface area contributed by atoms with Crippen LogP contribution in [0, 0.1) is 10.7 Å². The van der Waals surface area contributed by atoms with Crippen molar-refractivity contribution in [2.45, 2.75) is 44.2 Å². The summed E-state index contributed by atoms with van der Waals surface area (Å²) in [4.78, 5) is 2.48. The van der Waals surface area contributed by atoms with Crippen LogP contribution in [0.2, 0.25) is 0 Å². The van der Waals surface area contributed by atoms with Crippen LogP contribution in [0.15, 0.2) is 0 Å². The van der Waals surface area contributed by atoms with E-state index in [1.54, 1.807) is 0 Å². The van der Waals surface area contributed by atoms with E-state index in [0.717, 1.165) is 22.7 Å². The van der Waals surface area contributed by atoms with Crippen LogP contribution in [0.1, 0.15) is 38.1 Å². The van der Waals surface area contributed by atoms with Crippen molar-refractivity contribution in [1.82, 2.24) is 14.8 Å². The number of aromatic amines is 1. The van der Waals surface area contributed by atoms with Gasteiger partial charge in [0, 0.05) is 18.6 Å². The highest BCUT2D eigenvalue weighted by Gasteiger charge is 2.41. The van der Waals surface area contributed by atoms with Gasteiger partial charge >= 0.3 is 0 Å². The first-order chi connectivity index (χ1) is 7.83. The summed E-state index contributed by atoms with van der Waals surface area (Å²) < 4.78 is 3.05. The molecule has 3 aliphatic rings. The topological polar surface area (TPSA) is 36.9 Å². The quantitative estimate of drug-likeness (QED) is 0.800. The molecule has 1 aliphatic heterocycles. The standard InChI is InChI=1S/C11H16N4S/c16-11-13-12-10(15(11)8-3-4-8)14-6-7-1-2-9(14)5-7/h7-9H,1-6H2,(H,13,16). The maximum Gasteiger partial charge on any atom is 0.226 e. The summed E-state index contributed by atoms with van der Waals surface area (Å²) in [6.07, 6.45) is 6.65. The largest absolute Gasteiger partial charge is 0.338 e. The lowest BCUT2D eigenvalue weighted by atomic mass is 10.1. The highest BCUT2D eigenvalue weighted by molar-refractivity contribution is 7.71. The Morgan fingerprint density at radius 2 is 2.00 bits per heavy atom. The van der Waals surface area contributed by atoms with Gasteiger partial charge in [-0.3, -0.25) is 4.57 Å². The maximum absolute atomic E-state index is 5.33. The molecule has 1 saturated heterocycles. The van der Waals surface area contributed by atoms with E-state index in [1.807, 2.05) is 0 Å². The first-order valence-corrected chi connectivity index (χ1v) is 6.67. The highest BCUT2D eigenvalue weighted by atomic mass is 32.1. The van der Waals surface area contributed by atoms with Crippen LogP contribution in [0.25, 0.3) is 0 Å². The maximum atomic E-state index is 5.33. The molecule has 2 heterocycles. The minimum absolute atomic E-state index is 0.625. The molecule has 2 saturated carbocycles. The number of aromatic nitrogens is 3. The van der Waals surface area contributed by atoms with Crippen molar-refractivity contribution < 1.29 is 0 Å². The molecule has 1 aromatic heterocycles.